The van der Waals surface area contributed by atoms with Gasteiger partial charge in [-0.25, -0.2) is 9.78 Å². The maximum atomic E-state index is 12.7. The third kappa shape index (κ3) is 3.70. The molecule has 0 spiro atoms. The van der Waals surface area contributed by atoms with Gasteiger partial charge in [-0.05, 0) is 31.9 Å². The lowest BCUT2D eigenvalue weighted by Crippen LogP contribution is -2.46. The predicted octanol–water partition coefficient (Wildman–Crippen LogP) is 1.95. The van der Waals surface area contributed by atoms with Crippen molar-refractivity contribution < 1.29 is 14.7 Å². The average molecular weight is 345 g/mol. The zero-order valence-electron chi connectivity index (χ0n) is 14.9. The molecule has 25 heavy (non-hydrogen) atoms. The van der Waals surface area contributed by atoms with Crippen molar-refractivity contribution in [2.45, 2.75) is 46.7 Å². The third-order valence-corrected chi connectivity index (χ3v) is 4.41. The van der Waals surface area contributed by atoms with Crippen LogP contribution in [0.1, 0.15) is 43.2 Å². The first-order chi connectivity index (χ1) is 11.8. The number of nitrogens with one attached hydrogen (secondary N) is 1. The fourth-order valence-corrected chi connectivity index (χ4v) is 2.66. The summed E-state index contributed by atoms with van der Waals surface area (Å²) in [6.45, 7) is 7.83. The highest BCUT2D eigenvalue weighted by Crippen LogP contribution is 2.12. The molecule has 2 heterocycles. The molecule has 134 valence electrons. The van der Waals surface area contributed by atoms with E-state index in [1.165, 1.54) is 6.20 Å². The van der Waals surface area contributed by atoms with E-state index in [0.29, 0.717) is 24.0 Å². The first-order valence-electron chi connectivity index (χ1n) is 8.34. The summed E-state index contributed by atoms with van der Waals surface area (Å²) in [5.74, 6) is -2.04. The van der Waals surface area contributed by atoms with Gasteiger partial charge in [0.15, 0.2) is 0 Å². The van der Waals surface area contributed by atoms with Crippen molar-refractivity contribution in [1.82, 2.24) is 14.9 Å². The Hall–Kier alpha value is -2.70. The van der Waals surface area contributed by atoms with Crippen LogP contribution in [0.25, 0.3) is 11.0 Å². The number of pyridine rings is 2. The smallest absolute Gasteiger partial charge is 0.326 e. The highest BCUT2D eigenvalue weighted by Gasteiger charge is 2.27. The molecule has 0 radical (unpaired) electrons. The number of carboxylic acid groups (broad SMARTS) is 1. The molecule has 0 aliphatic carbocycles. The summed E-state index contributed by atoms with van der Waals surface area (Å²) < 4.78 is 1.72. The molecule has 7 nitrogen and oxygen atoms in total. The number of carbonyl (C=O) groups excluding carboxylic acids is 1. The number of nitrogens with zero attached hydrogens (tertiary/aromatic N) is 2. The van der Waals surface area contributed by atoms with E-state index in [2.05, 4.69) is 10.3 Å². The van der Waals surface area contributed by atoms with Crippen LogP contribution in [0.2, 0.25) is 0 Å². The number of carbonyl (C=O) groups is 2. The normalized spacial score (nSPS) is 13.4. The van der Waals surface area contributed by atoms with E-state index < -0.39 is 23.3 Å². The van der Waals surface area contributed by atoms with E-state index in [4.69, 9.17) is 0 Å². The molecule has 0 fully saturated rings. The van der Waals surface area contributed by atoms with Crippen LogP contribution in [-0.2, 0) is 11.3 Å². The maximum absolute atomic E-state index is 12.7. The summed E-state index contributed by atoms with van der Waals surface area (Å²) in [5.41, 5.74) is 0.766. The Kier molecular flexibility index (Phi) is 5.56. The molecule has 0 aliphatic rings. The molecule has 1 unspecified atom stereocenters. The van der Waals surface area contributed by atoms with Crippen molar-refractivity contribution in [2.75, 3.05) is 0 Å². The summed E-state index contributed by atoms with van der Waals surface area (Å²) in [4.78, 5) is 41.0. The van der Waals surface area contributed by atoms with Crippen molar-refractivity contribution in [3.63, 3.8) is 0 Å². The fraction of sp³-hybridized carbons (Fsp3) is 0.444. The van der Waals surface area contributed by atoms with Crippen LogP contribution in [0, 0.1) is 12.8 Å². The lowest BCUT2D eigenvalue weighted by atomic mass is 9.99. The zero-order valence-corrected chi connectivity index (χ0v) is 14.9. The molecule has 0 aromatic carbocycles. The molecule has 0 bridgehead atoms. The van der Waals surface area contributed by atoms with Gasteiger partial charge < -0.3 is 15.0 Å². The molecule has 1 amide bonds. The second-order valence-corrected chi connectivity index (χ2v) is 6.16. The molecule has 2 aromatic rings. The number of hydrogen-bond donors (Lipinski definition) is 2. The number of fused-ring (bicyclic) bond motifs is 1. The number of aliphatic carboxylic acids is 1. The van der Waals surface area contributed by atoms with Gasteiger partial charge >= 0.3 is 5.97 Å². The van der Waals surface area contributed by atoms with Gasteiger partial charge in [-0.3, -0.25) is 9.59 Å². The number of rotatable bonds is 6. The van der Waals surface area contributed by atoms with E-state index in [-0.39, 0.29) is 11.5 Å². The largest absolute Gasteiger partial charge is 0.480 e. The van der Waals surface area contributed by atoms with Gasteiger partial charge in [-0.2, -0.15) is 0 Å². The SMILES string of the molecule is CCC(C)[C@@H](NC(=O)c1cn(CC)c2nc(C)ccc2c1=O)C(=O)O. The van der Waals surface area contributed by atoms with Crippen LogP contribution in [0.15, 0.2) is 23.1 Å². The number of aryl methyl sites for hydroxylation is 2. The first-order valence-corrected chi connectivity index (χ1v) is 8.34. The van der Waals surface area contributed by atoms with Gasteiger partial charge in [0, 0.05) is 18.4 Å². The Morgan fingerprint density at radius 1 is 1.32 bits per heavy atom. The lowest BCUT2D eigenvalue weighted by molar-refractivity contribution is -0.140. The van der Waals surface area contributed by atoms with Gasteiger partial charge in [-0.1, -0.05) is 20.3 Å². The molecule has 0 saturated carbocycles. The number of carboxylic acids is 1. The van der Waals surface area contributed by atoms with Crippen molar-refractivity contribution in [3.05, 3.63) is 39.8 Å². The van der Waals surface area contributed by atoms with E-state index in [9.17, 15) is 19.5 Å². The Morgan fingerprint density at radius 3 is 2.56 bits per heavy atom. The van der Waals surface area contributed by atoms with Crippen LogP contribution < -0.4 is 10.7 Å². The van der Waals surface area contributed by atoms with Gasteiger partial charge in [-0.15, -0.1) is 0 Å². The molecule has 0 saturated heterocycles. The molecule has 0 aliphatic heterocycles. The number of hydrogen-bond acceptors (Lipinski definition) is 4. The van der Waals surface area contributed by atoms with Gasteiger partial charge in [0.1, 0.15) is 17.3 Å². The van der Waals surface area contributed by atoms with Gasteiger partial charge in [0.2, 0.25) is 5.43 Å². The molecule has 2 atom stereocenters. The van der Waals surface area contributed by atoms with E-state index >= 15 is 0 Å². The topological polar surface area (TPSA) is 101 Å². The van der Waals surface area contributed by atoms with E-state index in [1.54, 1.807) is 23.6 Å². The fourth-order valence-electron chi connectivity index (χ4n) is 2.66. The molecule has 2 rings (SSSR count). The van der Waals surface area contributed by atoms with Crippen LogP contribution in [0.3, 0.4) is 0 Å². The summed E-state index contributed by atoms with van der Waals surface area (Å²) in [7, 11) is 0. The monoisotopic (exact) mass is 345 g/mol. The van der Waals surface area contributed by atoms with Crippen molar-refractivity contribution in [2.24, 2.45) is 5.92 Å². The summed E-state index contributed by atoms with van der Waals surface area (Å²) in [5, 5.41) is 12.2. The van der Waals surface area contributed by atoms with Crippen LogP contribution in [-0.4, -0.2) is 32.6 Å². The lowest BCUT2D eigenvalue weighted by Gasteiger charge is -2.20. The molecular formula is C18H23N3O4. The second-order valence-electron chi connectivity index (χ2n) is 6.16. The quantitative estimate of drug-likeness (QED) is 0.833. The van der Waals surface area contributed by atoms with Crippen molar-refractivity contribution in [1.29, 1.82) is 0 Å². The van der Waals surface area contributed by atoms with Gasteiger partial charge in [0.25, 0.3) is 5.91 Å². The molecule has 2 N–H and O–H groups in total. The zero-order chi connectivity index (χ0) is 18.7. The minimum absolute atomic E-state index is 0.0745. The minimum Gasteiger partial charge on any atom is -0.480 e. The second kappa shape index (κ2) is 7.46. The molecule has 2 aromatic heterocycles. The standard InChI is InChI=1S/C18H23N3O4/c1-5-10(3)14(18(24)25)20-17(23)13-9-21(6-2)16-12(15(13)22)8-7-11(4)19-16/h7-10,14H,5-6H2,1-4H3,(H,20,23)(H,24,25)/t10?,14-/m1/s1. The van der Waals surface area contributed by atoms with E-state index in [0.717, 1.165) is 5.69 Å². The van der Waals surface area contributed by atoms with Gasteiger partial charge in [0.05, 0.1) is 5.39 Å². The van der Waals surface area contributed by atoms with Crippen LogP contribution in [0.5, 0.6) is 0 Å². The Morgan fingerprint density at radius 2 is 2.00 bits per heavy atom. The highest BCUT2D eigenvalue weighted by atomic mass is 16.4. The van der Waals surface area contributed by atoms with Crippen LogP contribution >= 0.6 is 0 Å². The average Bonchev–Trinajstić information content (AvgIpc) is 2.58. The van der Waals surface area contributed by atoms with E-state index in [1.807, 2.05) is 20.8 Å². The Bertz CT molecular complexity index is 872. The van der Waals surface area contributed by atoms with Crippen LogP contribution in [0.4, 0.5) is 0 Å². The highest BCUT2D eigenvalue weighted by molar-refractivity contribution is 5.98. The number of aromatic nitrogens is 2. The Balaban J connectivity index is 2.52. The minimum atomic E-state index is -1.11. The summed E-state index contributed by atoms with van der Waals surface area (Å²) in [6, 6.07) is 2.32. The van der Waals surface area contributed by atoms with Crippen molar-refractivity contribution in [3.8, 4) is 0 Å². The summed E-state index contributed by atoms with van der Waals surface area (Å²) in [6.07, 6.45) is 2.04. The van der Waals surface area contributed by atoms with Crippen molar-refractivity contribution >= 4 is 22.9 Å². The molecular weight excluding hydrogens is 322 g/mol. The Labute approximate surface area is 145 Å². The molecule has 7 heteroatoms. The first kappa shape index (κ1) is 18.6. The predicted molar refractivity (Wildman–Crippen MR) is 94.8 cm³/mol. The summed E-state index contributed by atoms with van der Waals surface area (Å²) >= 11 is 0. The number of amides is 1. The maximum Gasteiger partial charge on any atom is 0.326 e. The third-order valence-electron chi connectivity index (χ3n) is 4.41.